The number of fused-ring (bicyclic) bond motifs is 6. The maximum atomic E-state index is 11.4. The second-order valence-corrected chi connectivity index (χ2v) is 24.7. The van der Waals surface area contributed by atoms with Gasteiger partial charge in [0.25, 0.3) is 0 Å². The summed E-state index contributed by atoms with van der Waals surface area (Å²) in [5.41, 5.74) is 21.7. The Morgan fingerprint density at radius 1 is 0.200 bits per heavy atom. The molecule has 470 valence electrons. The van der Waals surface area contributed by atoms with Gasteiger partial charge in [-0.25, -0.2) is 0 Å². The summed E-state index contributed by atoms with van der Waals surface area (Å²) >= 11 is 0. The Morgan fingerprint density at radius 2 is 0.420 bits per heavy atom. The van der Waals surface area contributed by atoms with E-state index in [-0.39, 0.29) is 0 Å². The van der Waals surface area contributed by atoms with E-state index in [1.165, 1.54) is 0 Å². The van der Waals surface area contributed by atoms with Gasteiger partial charge in [0.05, 0.1) is 51.0 Å². The molecule has 0 aliphatic rings. The van der Waals surface area contributed by atoms with E-state index >= 15 is 0 Å². The van der Waals surface area contributed by atoms with Gasteiger partial charge in [-0.1, -0.05) is 182 Å². The minimum atomic E-state index is 0.508. The lowest BCUT2D eigenvalue weighted by atomic mass is 9.90. The second-order valence-electron chi connectivity index (χ2n) is 24.7. The van der Waals surface area contributed by atoms with Gasteiger partial charge in [0, 0.05) is 118 Å². The molecule has 0 unspecified atom stereocenters. The second kappa shape index (κ2) is 26.0. The number of nitriles is 2. The van der Waals surface area contributed by atoms with Crippen LogP contribution in [-0.4, -0.2) is 9.13 Å². The van der Waals surface area contributed by atoms with Crippen molar-refractivity contribution in [2.24, 2.45) is 0 Å². The van der Waals surface area contributed by atoms with E-state index in [0.717, 1.165) is 145 Å². The molecule has 0 radical (unpaired) electrons. The van der Waals surface area contributed by atoms with Gasteiger partial charge in [0.15, 0.2) is 0 Å². The third-order valence-electron chi connectivity index (χ3n) is 18.9. The lowest BCUT2D eigenvalue weighted by molar-refractivity contribution is 1.14. The molecule has 2 heterocycles. The molecule has 0 aliphatic heterocycles. The van der Waals surface area contributed by atoms with Crippen LogP contribution in [0.5, 0.6) is 0 Å². The molecule has 0 bridgehead atoms. The van der Waals surface area contributed by atoms with Crippen LogP contribution in [0.15, 0.2) is 376 Å². The maximum Gasteiger partial charge on any atom is 0.0998 e. The number of anilines is 12. The molecule has 0 fully saturated rings. The van der Waals surface area contributed by atoms with Crippen LogP contribution in [0.2, 0.25) is 0 Å². The molecule has 0 atom stereocenters. The van der Waals surface area contributed by atoms with Gasteiger partial charge in [-0.2, -0.15) is 10.5 Å². The van der Waals surface area contributed by atoms with E-state index in [9.17, 15) is 10.5 Å². The van der Waals surface area contributed by atoms with Crippen LogP contribution in [0, 0.1) is 22.7 Å². The lowest BCUT2D eigenvalue weighted by Crippen LogP contribution is -2.09. The van der Waals surface area contributed by atoms with Gasteiger partial charge in [-0.3, -0.25) is 0 Å². The van der Waals surface area contributed by atoms with Crippen LogP contribution in [0.3, 0.4) is 0 Å². The van der Waals surface area contributed by atoms with Crippen molar-refractivity contribution in [1.29, 1.82) is 10.5 Å². The Balaban J connectivity index is 0.986. The van der Waals surface area contributed by atoms with Crippen LogP contribution in [0.4, 0.5) is 68.2 Å². The summed E-state index contributed by atoms with van der Waals surface area (Å²) in [6.45, 7) is 0. The number of nitrogens with zero attached hydrogens (tertiary/aromatic N) is 8. The van der Waals surface area contributed by atoms with Crippen molar-refractivity contribution < 1.29 is 0 Å². The highest BCUT2D eigenvalue weighted by Gasteiger charge is 2.28. The SMILES string of the molecule is N#Cc1ccccc1-c1cc(-n2c3ccc(N(c4ccccc4)c4ccccc4)cc3c3cc(N(c4ccccc4)c4ccccc4)ccc32)cc(-c2ccccc2C#N)c1-n1c2ccc(N(c3ccccc3)c3ccccc3)cc2c2cc(N(c3ccccc3)c3ccccc3)ccc21. The van der Waals surface area contributed by atoms with Crippen molar-refractivity contribution in [3.05, 3.63) is 387 Å². The van der Waals surface area contributed by atoms with E-state index in [1.807, 2.05) is 36.4 Å². The number of para-hydroxylation sites is 8. The average molecular weight is 1280 g/mol. The Hall–Kier alpha value is -13.9. The number of rotatable bonds is 16. The molecule has 0 N–H and O–H groups in total. The van der Waals surface area contributed by atoms with Crippen molar-refractivity contribution in [2.45, 2.75) is 0 Å². The quantitative estimate of drug-likeness (QED) is 0.0960. The van der Waals surface area contributed by atoms with Crippen molar-refractivity contribution in [3.63, 3.8) is 0 Å². The summed E-state index contributed by atoms with van der Waals surface area (Å²) in [4.78, 5) is 9.25. The third-order valence-corrected chi connectivity index (χ3v) is 18.9. The smallest absolute Gasteiger partial charge is 0.0998 e. The molecular weight excluding hydrogens is 1220 g/mol. The molecule has 17 aromatic rings. The molecule has 0 saturated heterocycles. The molecule has 15 aromatic carbocycles. The Bertz CT molecular complexity index is 5410. The zero-order valence-electron chi connectivity index (χ0n) is 54.4. The van der Waals surface area contributed by atoms with E-state index in [2.05, 4.69) is 381 Å². The zero-order chi connectivity index (χ0) is 66.9. The molecule has 0 spiro atoms. The van der Waals surface area contributed by atoms with Crippen LogP contribution in [0.25, 0.3) is 77.2 Å². The third kappa shape index (κ3) is 10.8. The summed E-state index contributed by atoms with van der Waals surface area (Å²) < 4.78 is 4.76. The van der Waals surface area contributed by atoms with Gasteiger partial charge in [0.1, 0.15) is 0 Å². The predicted octanol–water partition coefficient (Wildman–Crippen LogP) is 24.8. The number of benzene rings is 15. The molecule has 0 amide bonds. The monoisotopic (exact) mass is 1280 g/mol. The summed E-state index contributed by atoms with van der Waals surface area (Å²) in [5, 5.41) is 26.9. The molecule has 2 aromatic heterocycles. The molecule has 17 rings (SSSR count). The van der Waals surface area contributed by atoms with Crippen molar-refractivity contribution in [2.75, 3.05) is 19.6 Å². The maximum absolute atomic E-state index is 11.4. The lowest BCUT2D eigenvalue weighted by Gasteiger charge is -2.26. The largest absolute Gasteiger partial charge is 0.310 e. The van der Waals surface area contributed by atoms with Gasteiger partial charge in [0.2, 0.25) is 0 Å². The fraction of sp³-hybridized carbons (Fsp3) is 0. The Labute approximate surface area is 580 Å². The topological polar surface area (TPSA) is 70.4 Å². The summed E-state index contributed by atoms with van der Waals surface area (Å²) in [5.74, 6) is 0. The molecule has 0 saturated carbocycles. The van der Waals surface area contributed by atoms with Gasteiger partial charge < -0.3 is 28.7 Å². The zero-order valence-corrected chi connectivity index (χ0v) is 54.4. The van der Waals surface area contributed by atoms with E-state index < -0.39 is 0 Å². The molecule has 8 nitrogen and oxygen atoms in total. The fourth-order valence-electron chi connectivity index (χ4n) is 14.5. The minimum absolute atomic E-state index is 0.508. The highest BCUT2D eigenvalue weighted by Crippen LogP contribution is 2.50. The van der Waals surface area contributed by atoms with Crippen LogP contribution < -0.4 is 19.6 Å². The predicted molar refractivity (Wildman–Crippen MR) is 414 cm³/mol. The first-order valence-electron chi connectivity index (χ1n) is 33.5. The van der Waals surface area contributed by atoms with Crippen LogP contribution in [-0.2, 0) is 0 Å². The molecular formula is C92H62N8. The fourth-order valence-corrected chi connectivity index (χ4v) is 14.5. The molecule has 100 heavy (non-hydrogen) atoms. The van der Waals surface area contributed by atoms with E-state index in [1.54, 1.807) is 0 Å². The molecule has 0 aliphatic carbocycles. The Kier molecular flexibility index (Phi) is 15.6. The average Bonchev–Trinajstić information content (AvgIpc) is 1.52. The summed E-state index contributed by atoms with van der Waals surface area (Å²) in [7, 11) is 0. The first-order valence-corrected chi connectivity index (χ1v) is 33.5. The normalized spacial score (nSPS) is 11.2. The Morgan fingerprint density at radius 3 is 0.660 bits per heavy atom. The number of hydrogen-bond donors (Lipinski definition) is 0. The highest BCUT2D eigenvalue weighted by molar-refractivity contribution is 6.15. The summed E-state index contributed by atoms with van der Waals surface area (Å²) in [6.07, 6.45) is 0. The van der Waals surface area contributed by atoms with Gasteiger partial charge >= 0.3 is 0 Å². The number of hydrogen-bond acceptors (Lipinski definition) is 6. The van der Waals surface area contributed by atoms with Crippen LogP contribution >= 0.6 is 0 Å². The highest BCUT2D eigenvalue weighted by atomic mass is 15.2. The van der Waals surface area contributed by atoms with E-state index in [0.29, 0.717) is 11.1 Å². The van der Waals surface area contributed by atoms with Crippen molar-refractivity contribution in [1.82, 2.24) is 9.13 Å². The first-order chi connectivity index (χ1) is 49.6. The van der Waals surface area contributed by atoms with Crippen molar-refractivity contribution in [3.8, 4) is 45.8 Å². The van der Waals surface area contributed by atoms with Crippen molar-refractivity contribution >= 4 is 112 Å². The standard InChI is InChI=1S/C92H62N8/c93-63-65-29-25-27-47-80(65)86-61-79(99-88-53-49-75(95(67-31-9-1-10-32-67)68-33-11-2-12-34-68)57-82(88)83-58-76(50-54-89(83)99)96(69-35-13-3-14-36-69)70-37-15-4-16-38-70)62-87(81-48-28-26-30-66(81)64-94)92(86)100-90-55-51-77(97(71-39-17-5-18-40-71)72-41-19-6-20-42-72)59-84(90)85-60-78(52-56-91(85)100)98(73-43-21-7-22-44-73)74-45-23-8-24-46-74/h1-62H. The van der Waals surface area contributed by atoms with Gasteiger partial charge in [-0.05, 0) is 194 Å². The minimum Gasteiger partial charge on any atom is -0.310 e. The first kappa shape index (κ1) is 59.8. The van der Waals surface area contributed by atoms with Crippen LogP contribution in [0.1, 0.15) is 11.1 Å². The summed E-state index contributed by atoms with van der Waals surface area (Å²) in [6, 6.07) is 137. The molecule has 8 heteroatoms. The van der Waals surface area contributed by atoms with E-state index in [4.69, 9.17) is 0 Å². The number of aromatic nitrogens is 2. The van der Waals surface area contributed by atoms with Gasteiger partial charge in [-0.15, -0.1) is 0 Å².